The molecule has 0 aliphatic carbocycles. The molecule has 0 saturated carbocycles. The smallest absolute Gasteiger partial charge is 0.269 e. The van der Waals surface area contributed by atoms with Gasteiger partial charge in [-0.1, -0.05) is 17.7 Å². The van der Waals surface area contributed by atoms with E-state index >= 15 is 0 Å². The molecule has 1 amide bonds. The zero-order chi connectivity index (χ0) is 20.5. The van der Waals surface area contributed by atoms with Gasteiger partial charge in [0.2, 0.25) is 0 Å². The van der Waals surface area contributed by atoms with Crippen LogP contribution in [0.1, 0.15) is 22.3 Å². The van der Waals surface area contributed by atoms with Gasteiger partial charge in [0.05, 0.1) is 23.0 Å². The van der Waals surface area contributed by atoms with Gasteiger partial charge in [-0.05, 0) is 30.7 Å². The van der Waals surface area contributed by atoms with Crippen LogP contribution >= 0.6 is 11.6 Å². The normalized spacial score (nSPS) is 18.0. The van der Waals surface area contributed by atoms with E-state index in [9.17, 15) is 27.7 Å². The first-order valence-corrected chi connectivity index (χ1v) is 10.6. The molecular weight excluding hydrogens is 411 g/mol. The number of sulfone groups is 1. The second kappa shape index (κ2) is 7.84. The molecular formula is C18H16ClFN2O5S. The summed E-state index contributed by atoms with van der Waals surface area (Å²) in [4.78, 5) is 24.5. The van der Waals surface area contributed by atoms with Gasteiger partial charge in [-0.2, -0.15) is 0 Å². The lowest BCUT2D eigenvalue weighted by Gasteiger charge is -2.29. The van der Waals surface area contributed by atoms with Crippen molar-refractivity contribution in [3.63, 3.8) is 0 Å². The van der Waals surface area contributed by atoms with E-state index in [0.717, 1.165) is 0 Å². The second-order valence-corrected chi connectivity index (χ2v) is 9.13. The lowest BCUT2D eigenvalue weighted by Crippen LogP contribution is -2.41. The Bertz CT molecular complexity index is 1010. The van der Waals surface area contributed by atoms with E-state index in [1.54, 1.807) is 0 Å². The molecule has 2 aromatic rings. The molecule has 7 nitrogen and oxygen atoms in total. The molecule has 1 fully saturated rings. The van der Waals surface area contributed by atoms with Gasteiger partial charge in [-0.15, -0.1) is 0 Å². The standard InChI is InChI=1S/C18H16ClFN2O5S/c19-16-2-1-3-17(20)15(16)10-21(14-8-9-28(26,27)11-14)18(23)12-4-6-13(7-5-12)22(24)25/h1-7,14H,8-11H2. The monoisotopic (exact) mass is 426 g/mol. The molecule has 1 unspecified atom stereocenters. The highest BCUT2D eigenvalue weighted by molar-refractivity contribution is 7.91. The highest BCUT2D eigenvalue weighted by atomic mass is 35.5. The Hall–Kier alpha value is -2.52. The summed E-state index contributed by atoms with van der Waals surface area (Å²) >= 11 is 6.07. The van der Waals surface area contributed by atoms with Crippen LogP contribution in [-0.2, 0) is 16.4 Å². The molecule has 1 aliphatic rings. The van der Waals surface area contributed by atoms with E-state index in [-0.39, 0.29) is 46.3 Å². The number of carbonyl (C=O) groups excluding carboxylic acids is 1. The molecule has 1 saturated heterocycles. The van der Waals surface area contributed by atoms with Crippen LogP contribution in [0.4, 0.5) is 10.1 Å². The fourth-order valence-electron chi connectivity index (χ4n) is 3.13. The molecule has 148 valence electrons. The van der Waals surface area contributed by atoms with Crippen molar-refractivity contribution in [3.05, 3.63) is 74.5 Å². The van der Waals surface area contributed by atoms with Gasteiger partial charge in [0.25, 0.3) is 11.6 Å². The molecule has 2 aromatic carbocycles. The van der Waals surface area contributed by atoms with E-state index in [1.807, 2.05) is 0 Å². The number of nitrogens with zero attached hydrogens (tertiary/aromatic N) is 2. The number of nitro groups is 1. The lowest BCUT2D eigenvalue weighted by atomic mass is 10.1. The first-order valence-electron chi connectivity index (χ1n) is 8.36. The van der Waals surface area contributed by atoms with Gasteiger partial charge in [-0.25, -0.2) is 12.8 Å². The molecule has 1 heterocycles. The van der Waals surface area contributed by atoms with Crippen molar-refractivity contribution in [2.75, 3.05) is 11.5 Å². The zero-order valence-electron chi connectivity index (χ0n) is 14.5. The number of nitro benzene ring substituents is 1. The Morgan fingerprint density at radius 1 is 1.25 bits per heavy atom. The van der Waals surface area contributed by atoms with E-state index in [2.05, 4.69) is 0 Å². The first-order chi connectivity index (χ1) is 13.2. The topological polar surface area (TPSA) is 97.6 Å². The Morgan fingerprint density at radius 2 is 1.93 bits per heavy atom. The largest absolute Gasteiger partial charge is 0.330 e. The van der Waals surface area contributed by atoms with Crippen molar-refractivity contribution < 1.29 is 22.5 Å². The predicted molar refractivity (Wildman–Crippen MR) is 101 cm³/mol. The lowest BCUT2D eigenvalue weighted by molar-refractivity contribution is -0.384. The Morgan fingerprint density at radius 3 is 2.46 bits per heavy atom. The fraction of sp³-hybridized carbons (Fsp3) is 0.278. The van der Waals surface area contributed by atoms with Crippen LogP contribution in [0.15, 0.2) is 42.5 Å². The number of hydrogen-bond donors (Lipinski definition) is 0. The molecule has 0 spiro atoms. The number of non-ortho nitro benzene ring substituents is 1. The van der Waals surface area contributed by atoms with Crippen molar-refractivity contribution in [1.29, 1.82) is 0 Å². The van der Waals surface area contributed by atoms with Crippen LogP contribution in [0, 0.1) is 15.9 Å². The summed E-state index contributed by atoms with van der Waals surface area (Å²) in [6.07, 6.45) is 0.229. The summed E-state index contributed by atoms with van der Waals surface area (Å²) in [5.41, 5.74) is 0.0507. The highest BCUT2D eigenvalue weighted by Crippen LogP contribution is 2.27. The Balaban J connectivity index is 1.96. The van der Waals surface area contributed by atoms with Crippen LogP contribution in [-0.4, -0.2) is 41.7 Å². The van der Waals surface area contributed by atoms with Gasteiger partial charge in [0, 0.05) is 34.3 Å². The average Bonchev–Trinajstić information content (AvgIpc) is 3.00. The third kappa shape index (κ3) is 4.31. The van der Waals surface area contributed by atoms with Crippen molar-refractivity contribution in [2.24, 2.45) is 0 Å². The van der Waals surface area contributed by atoms with Crippen LogP contribution in [0.2, 0.25) is 5.02 Å². The Kier molecular flexibility index (Phi) is 5.66. The molecule has 0 N–H and O–H groups in total. The number of amides is 1. The van der Waals surface area contributed by atoms with Gasteiger partial charge >= 0.3 is 0 Å². The molecule has 3 rings (SSSR count). The first kappa shape index (κ1) is 20.2. The van der Waals surface area contributed by atoms with E-state index in [4.69, 9.17) is 11.6 Å². The summed E-state index contributed by atoms with van der Waals surface area (Å²) in [6.45, 7) is -0.207. The highest BCUT2D eigenvalue weighted by Gasteiger charge is 2.35. The predicted octanol–water partition coefficient (Wildman–Crippen LogP) is 3.22. The van der Waals surface area contributed by atoms with Crippen LogP contribution in [0.25, 0.3) is 0 Å². The number of carbonyl (C=O) groups is 1. The third-order valence-corrected chi connectivity index (χ3v) is 6.73. The summed E-state index contributed by atoms with van der Waals surface area (Å²) in [7, 11) is -3.30. The number of hydrogen-bond acceptors (Lipinski definition) is 5. The number of rotatable bonds is 5. The molecule has 10 heteroatoms. The van der Waals surface area contributed by atoms with Crippen molar-refractivity contribution in [2.45, 2.75) is 19.0 Å². The summed E-state index contributed by atoms with van der Waals surface area (Å²) in [5.74, 6) is -1.43. The molecule has 1 atom stereocenters. The maximum absolute atomic E-state index is 14.2. The maximum Gasteiger partial charge on any atom is 0.269 e. The average molecular weight is 427 g/mol. The molecule has 0 radical (unpaired) electrons. The van der Waals surface area contributed by atoms with Gasteiger partial charge in [0.15, 0.2) is 9.84 Å². The van der Waals surface area contributed by atoms with E-state index in [0.29, 0.717) is 0 Å². The van der Waals surface area contributed by atoms with E-state index in [1.165, 1.54) is 47.4 Å². The molecule has 0 bridgehead atoms. The summed E-state index contributed by atoms with van der Waals surface area (Å²) in [5, 5.41) is 10.9. The van der Waals surface area contributed by atoms with Crippen LogP contribution in [0.5, 0.6) is 0 Å². The second-order valence-electron chi connectivity index (χ2n) is 6.49. The summed E-state index contributed by atoms with van der Waals surface area (Å²) in [6, 6.07) is 8.45. The quantitative estimate of drug-likeness (QED) is 0.540. The minimum absolute atomic E-state index is 0.0628. The van der Waals surface area contributed by atoms with Gasteiger partial charge in [-0.3, -0.25) is 14.9 Å². The number of benzene rings is 2. The van der Waals surface area contributed by atoms with Gasteiger partial charge < -0.3 is 4.90 Å². The van der Waals surface area contributed by atoms with Crippen LogP contribution < -0.4 is 0 Å². The van der Waals surface area contributed by atoms with Crippen molar-refractivity contribution >= 4 is 33.0 Å². The van der Waals surface area contributed by atoms with Crippen LogP contribution in [0.3, 0.4) is 0 Å². The minimum Gasteiger partial charge on any atom is -0.330 e. The third-order valence-electron chi connectivity index (χ3n) is 4.63. The molecule has 1 aliphatic heterocycles. The molecule has 28 heavy (non-hydrogen) atoms. The summed E-state index contributed by atoms with van der Waals surface area (Å²) < 4.78 is 38.0. The Labute approximate surface area is 165 Å². The fourth-order valence-corrected chi connectivity index (χ4v) is 5.09. The zero-order valence-corrected chi connectivity index (χ0v) is 16.1. The maximum atomic E-state index is 14.2. The SMILES string of the molecule is O=C(c1ccc([N+](=O)[O-])cc1)N(Cc1c(F)cccc1Cl)C1CCS(=O)(=O)C1. The van der Waals surface area contributed by atoms with Crippen molar-refractivity contribution in [3.8, 4) is 0 Å². The van der Waals surface area contributed by atoms with Gasteiger partial charge in [0.1, 0.15) is 5.82 Å². The number of halogens is 2. The molecule has 0 aromatic heterocycles. The van der Waals surface area contributed by atoms with E-state index < -0.39 is 32.5 Å². The minimum atomic E-state index is -3.30. The van der Waals surface area contributed by atoms with Crippen molar-refractivity contribution in [1.82, 2.24) is 4.90 Å².